The SMILES string of the molecule is COc1ccccc1SC(C)c1cccc([N+](=O)[O-])c1. The molecule has 0 spiro atoms. The number of nitrogens with zero attached hydrogens (tertiary/aromatic N) is 1. The molecule has 4 nitrogen and oxygen atoms in total. The maximum atomic E-state index is 10.8. The summed E-state index contributed by atoms with van der Waals surface area (Å²) in [5.74, 6) is 0.815. The molecule has 0 saturated heterocycles. The summed E-state index contributed by atoms with van der Waals surface area (Å²) in [6.45, 7) is 2.02. The molecule has 1 atom stereocenters. The van der Waals surface area contributed by atoms with Gasteiger partial charge in [-0.2, -0.15) is 0 Å². The van der Waals surface area contributed by atoms with E-state index in [1.165, 1.54) is 6.07 Å². The third-order valence-electron chi connectivity index (χ3n) is 2.92. The first-order valence-corrected chi connectivity index (χ1v) is 7.04. The molecule has 2 aromatic carbocycles. The van der Waals surface area contributed by atoms with Gasteiger partial charge >= 0.3 is 0 Å². The number of nitro benzene ring substituents is 1. The van der Waals surface area contributed by atoms with Gasteiger partial charge in [-0.25, -0.2) is 0 Å². The van der Waals surface area contributed by atoms with Gasteiger partial charge in [0.25, 0.3) is 5.69 Å². The Labute approximate surface area is 121 Å². The van der Waals surface area contributed by atoms with E-state index in [2.05, 4.69) is 0 Å². The molecule has 20 heavy (non-hydrogen) atoms. The van der Waals surface area contributed by atoms with E-state index < -0.39 is 0 Å². The van der Waals surface area contributed by atoms with E-state index in [0.29, 0.717) is 0 Å². The van der Waals surface area contributed by atoms with Crippen molar-refractivity contribution < 1.29 is 9.66 Å². The zero-order valence-corrected chi connectivity index (χ0v) is 12.1. The summed E-state index contributed by atoms with van der Waals surface area (Å²) in [6.07, 6.45) is 0. The monoisotopic (exact) mass is 289 g/mol. The fourth-order valence-electron chi connectivity index (χ4n) is 1.87. The van der Waals surface area contributed by atoms with E-state index in [1.807, 2.05) is 37.3 Å². The van der Waals surface area contributed by atoms with Crippen LogP contribution < -0.4 is 4.74 Å². The molecule has 0 fully saturated rings. The fourth-order valence-corrected chi connectivity index (χ4v) is 2.95. The molecule has 0 bridgehead atoms. The number of hydrogen-bond acceptors (Lipinski definition) is 4. The molecule has 1 unspecified atom stereocenters. The van der Waals surface area contributed by atoms with Crippen molar-refractivity contribution in [3.05, 3.63) is 64.2 Å². The van der Waals surface area contributed by atoms with Crippen LogP contribution in [0, 0.1) is 10.1 Å². The number of benzene rings is 2. The Bertz CT molecular complexity index is 616. The number of ether oxygens (including phenoxy) is 1. The first-order valence-electron chi connectivity index (χ1n) is 6.16. The summed E-state index contributed by atoms with van der Waals surface area (Å²) in [5, 5.41) is 10.9. The normalized spacial score (nSPS) is 11.9. The van der Waals surface area contributed by atoms with Gasteiger partial charge in [-0.05, 0) is 24.6 Å². The average molecular weight is 289 g/mol. The molecule has 0 heterocycles. The smallest absolute Gasteiger partial charge is 0.269 e. The van der Waals surface area contributed by atoms with Crippen molar-refractivity contribution >= 4 is 17.4 Å². The Hall–Kier alpha value is -2.01. The summed E-state index contributed by atoms with van der Waals surface area (Å²) in [5.41, 5.74) is 1.05. The second kappa shape index (κ2) is 6.43. The van der Waals surface area contributed by atoms with Crippen molar-refractivity contribution in [2.45, 2.75) is 17.1 Å². The zero-order valence-electron chi connectivity index (χ0n) is 11.3. The second-order valence-electron chi connectivity index (χ2n) is 4.26. The molecule has 0 N–H and O–H groups in total. The quantitative estimate of drug-likeness (QED) is 0.463. The molecule has 0 aliphatic heterocycles. The molecule has 0 radical (unpaired) electrons. The topological polar surface area (TPSA) is 52.4 Å². The molecule has 2 rings (SSSR count). The number of methoxy groups -OCH3 is 1. The van der Waals surface area contributed by atoms with Gasteiger partial charge in [0.2, 0.25) is 0 Å². The highest BCUT2D eigenvalue weighted by Gasteiger charge is 2.13. The molecular formula is C15H15NO3S. The van der Waals surface area contributed by atoms with Crippen molar-refractivity contribution in [3.8, 4) is 5.75 Å². The molecule has 0 aromatic heterocycles. The lowest BCUT2D eigenvalue weighted by Crippen LogP contribution is -1.93. The highest BCUT2D eigenvalue weighted by Crippen LogP contribution is 2.39. The Morgan fingerprint density at radius 1 is 1.20 bits per heavy atom. The van der Waals surface area contributed by atoms with Crippen LogP contribution >= 0.6 is 11.8 Å². The van der Waals surface area contributed by atoms with Gasteiger partial charge in [-0.1, -0.05) is 24.3 Å². The number of nitro groups is 1. The lowest BCUT2D eigenvalue weighted by Gasteiger charge is -2.14. The lowest BCUT2D eigenvalue weighted by atomic mass is 10.1. The number of rotatable bonds is 5. The summed E-state index contributed by atoms with van der Waals surface area (Å²) in [4.78, 5) is 11.5. The summed E-state index contributed by atoms with van der Waals surface area (Å²) in [7, 11) is 1.64. The van der Waals surface area contributed by atoms with Crippen molar-refractivity contribution in [1.82, 2.24) is 0 Å². The highest BCUT2D eigenvalue weighted by atomic mass is 32.2. The average Bonchev–Trinajstić information content (AvgIpc) is 2.48. The predicted octanol–water partition coefficient (Wildman–Crippen LogP) is 4.46. The maximum Gasteiger partial charge on any atom is 0.269 e. The van der Waals surface area contributed by atoms with Crippen molar-refractivity contribution in [1.29, 1.82) is 0 Å². The van der Waals surface area contributed by atoms with Crippen LogP contribution in [0.25, 0.3) is 0 Å². The van der Waals surface area contributed by atoms with Gasteiger partial charge in [-0.3, -0.25) is 10.1 Å². The van der Waals surface area contributed by atoms with Crippen LogP contribution in [-0.4, -0.2) is 12.0 Å². The van der Waals surface area contributed by atoms with E-state index in [9.17, 15) is 10.1 Å². The molecule has 2 aromatic rings. The predicted molar refractivity (Wildman–Crippen MR) is 80.4 cm³/mol. The van der Waals surface area contributed by atoms with Crippen molar-refractivity contribution in [3.63, 3.8) is 0 Å². The number of non-ortho nitro benzene ring substituents is 1. The minimum atomic E-state index is -0.371. The van der Waals surface area contributed by atoms with Crippen LogP contribution in [0.3, 0.4) is 0 Å². The third-order valence-corrected chi connectivity index (χ3v) is 4.14. The second-order valence-corrected chi connectivity index (χ2v) is 5.65. The Morgan fingerprint density at radius 2 is 1.95 bits per heavy atom. The maximum absolute atomic E-state index is 10.8. The van der Waals surface area contributed by atoms with Gasteiger partial charge in [-0.15, -0.1) is 11.8 Å². The van der Waals surface area contributed by atoms with E-state index in [1.54, 1.807) is 31.0 Å². The Morgan fingerprint density at radius 3 is 2.65 bits per heavy atom. The van der Waals surface area contributed by atoms with Gasteiger partial charge < -0.3 is 4.74 Å². The minimum absolute atomic E-state index is 0.103. The van der Waals surface area contributed by atoms with Crippen LogP contribution in [0.5, 0.6) is 5.75 Å². The standard InChI is InChI=1S/C15H15NO3S/c1-11(12-6-5-7-13(10-12)16(17)18)20-15-9-4-3-8-14(15)19-2/h3-11H,1-2H3. The molecule has 0 amide bonds. The van der Waals surface area contributed by atoms with Gasteiger partial charge in [0.05, 0.1) is 12.0 Å². The third kappa shape index (κ3) is 3.30. The van der Waals surface area contributed by atoms with Crippen LogP contribution in [0.2, 0.25) is 0 Å². The van der Waals surface area contributed by atoms with E-state index in [-0.39, 0.29) is 15.9 Å². The Kier molecular flexibility index (Phi) is 4.63. The molecule has 0 saturated carbocycles. The van der Waals surface area contributed by atoms with Crippen LogP contribution in [0.1, 0.15) is 17.7 Å². The molecular weight excluding hydrogens is 274 g/mol. The first kappa shape index (κ1) is 14.4. The summed E-state index contributed by atoms with van der Waals surface area (Å²) >= 11 is 1.62. The fraction of sp³-hybridized carbons (Fsp3) is 0.200. The van der Waals surface area contributed by atoms with E-state index >= 15 is 0 Å². The lowest BCUT2D eigenvalue weighted by molar-refractivity contribution is -0.384. The van der Waals surface area contributed by atoms with Crippen LogP contribution in [-0.2, 0) is 0 Å². The van der Waals surface area contributed by atoms with Gasteiger partial charge in [0.15, 0.2) is 0 Å². The van der Waals surface area contributed by atoms with Gasteiger partial charge in [0.1, 0.15) is 5.75 Å². The van der Waals surface area contributed by atoms with E-state index in [4.69, 9.17) is 4.74 Å². The molecule has 104 valence electrons. The summed E-state index contributed by atoms with van der Waals surface area (Å²) in [6, 6.07) is 14.5. The van der Waals surface area contributed by atoms with Crippen molar-refractivity contribution in [2.24, 2.45) is 0 Å². The minimum Gasteiger partial charge on any atom is -0.496 e. The molecule has 0 aliphatic carbocycles. The van der Waals surface area contributed by atoms with Crippen molar-refractivity contribution in [2.75, 3.05) is 7.11 Å². The number of hydrogen-bond donors (Lipinski definition) is 0. The molecule has 0 aliphatic rings. The number of para-hydroxylation sites is 1. The first-order chi connectivity index (χ1) is 9.61. The van der Waals surface area contributed by atoms with Gasteiger partial charge in [0, 0.05) is 22.3 Å². The Balaban J connectivity index is 2.21. The largest absolute Gasteiger partial charge is 0.496 e. The van der Waals surface area contributed by atoms with E-state index in [0.717, 1.165) is 16.2 Å². The van der Waals surface area contributed by atoms with Crippen LogP contribution in [0.15, 0.2) is 53.4 Å². The zero-order chi connectivity index (χ0) is 14.5. The summed E-state index contributed by atoms with van der Waals surface area (Å²) < 4.78 is 5.31. The number of thioether (sulfide) groups is 1. The molecule has 5 heteroatoms. The van der Waals surface area contributed by atoms with Crippen LogP contribution in [0.4, 0.5) is 5.69 Å². The highest BCUT2D eigenvalue weighted by molar-refractivity contribution is 7.99.